The third-order valence-electron chi connectivity index (χ3n) is 6.08. The molecule has 0 saturated heterocycles. The van der Waals surface area contributed by atoms with Crippen LogP contribution in [0.2, 0.25) is 0 Å². The van der Waals surface area contributed by atoms with Gasteiger partial charge in [0.25, 0.3) is 0 Å². The Hall–Kier alpha value is -3.39. The molecule has 0 aliphatic carbocycles. The van der Waals surface area contributed by atoms with Gasteiger partial charge in [-0.1, -0.05) is 69.3 Å². The van der Waals surface area contributed by atoms with Gasteiger partial charge in [-0.2, -0.15) is 0 Å². The molecule has 6 rings (SSSR count). The maximum absolute atomic E-state index is 4.78. The van der Waals surface area contributed by atoms with Gasteiger partial charge in [0.2, 0.25) is 0 Å². The SMILES string of the molecule is CC(C)(C)Cc1ccnc(-c2cccc3c2c2cccc4c5ccccc5n3c42)c1. The summed E-state index contributed by atoms with van der Waals surface area (Å²) >= 11 is 0. The average Bonchev–Trinajstić information content (AvgIpc) is 3.25. The van der Waals surface area contributed by atoms with Crippen molar-refractivity contribution in [1.29, 1.82) is 0 Å². The van der Waals surface area contributed by atoms with Gasteiger partial charge in [0.05, 0.1) is 22.2 Å². The van der Waals surface area contributed by atoms with Crippen LogP contribution in [0.3, 0.4) is 0 Å². The molecule has 6 aromatic rings. The molecule has 2 heteroatoms. The van der Waals surface area contributed by atoms with Gasteiger partial charge in [0.1, 0.15) is 0 Å². The van der Waals surface area contributed by atoms with Crippen molar-refractivity contribution in [2.24, 2.45) is 5.41 Å². The van der Waals surface area contributed by atoms with Gasteiger partial charge in [-0.05, 0) is 41.7 Å². The minimum Gasteiger partial charge on any atom is -0.308 e. The fraction of sp³-hybridized carbons (Fsp3) is 0.179. The lowest BCUT2D eigenvalue weighted by molar-refractivity contribution is 0.411. The number of hydrogen-bond acceptors (Lipinski definition) is 1. The van der Waals surface area contributed by atoms with E-state index < -0.39 is 0 Å². The van der Waals surface area contributed by atoms with Crippen molar-refractivity contribution in [2.75, 3.05) is 0 Å². The molecule has 0 spiro atoms. The van der Waals surface area contributed by atoms with E-state index >= 15 is 0 Å². The molecule has 0 fully saturated rings. The third kappa shape index (κ3) is 2.46. The Kier molecular flexibility index (Phi) is 3.53. The molecular weight excluding hydrogens is 364 g/mol. The molecule has 0 atom stereocenters. The number of benzene rings is 3. The summed E-state index contributed by atoms with van der Waals surface area (Å²) in [4.78, 5) is 4.78. The third-order valence-corrected chi connectivity index (χ3v) is 6.08. The second-order valence-corrected chi connectivity index (χ2v) is 9.54. The maximum atomic E-state index is 4.78. The lowest BCUT2D eigenvalue weighted by Gasteiger charge is -2.18. The summed E-state index contributed by atoms with van der Waals surface area (Å²) in [6.07, 6.45) is 3.00. The van der Waals surface area contributed by atoms with Crippen molar-refractivity contribution in [3.63, 3.8) is 0 Å². The smallest absolute Gasteiger partial charge is 0.0711 e. The number of nitrogens with zero attached hydrogens (tertiary/aromatic N) is 2. The van der Waals surface area contributed by atoms with Crippen LogP contribution in [0.25, 0.3) is 49.4 Å². The maximum Gasteiger partial charge on any atom is 0.0711 e. The van der Waals surface area contributed by atoms with Crippen LogP contribution < -0.4 is 0 Å². The Morgan fingerprint density at radius 1 is 0.767 bits per heavy atom. The zero-order valence-corrected chi connectivity index (χ0v) is 17.6. The normalized spacial score (nSPS) is 12.6. The predicted molar refractivity (Wildman–Crippen MR) is 127 cm³/mol. The van der Waals surface area contributed by atoms with Gasteiger partial charge in [0, 0.05) is 33.3 Å². The van der Waals surface area contributed by atoms with E-state index in [1.54, 1.807) is 0 Å². The molecular formula is C28H24N2. The highest BCUT2D eigenvalue weighted by Crippen LogP contribution is 2.42. The number of fused-ring (bicyclic) bond motifs is 6. The first-order chi connectivity index (χ1) is 14.5. The molecule has 2 nitrogen and oxygen atoms in total. The molecule has 0 radical (unpaired) electrons. The quantitative estimate of drug-likeness (QED) is 0.300. The van der Waals surface area contributed by atoms with Crippen LogP contribution in [-0.4, -0.2) is 9.38 Å². The molecule has 0 amide bonds. The highest BCUT2D eigenvalue weighted by Gasteiger charge is 2.20. The van der Waals surface area contributed by atoms with E-state index in [4.69, 9.17) is 4.98 Å². The lowest BCUT2D eigenvalue weighted by atomic mass is 9.88. The molecule has 3 aromatic heterocycles. The van der Waals surface area contributed by atoms with Gasteiger partial charge in [0.15, 0.2) is 0 Å². The van der Waals surface area contributed by atoms with Gasteiger partial charge in [-0.25, -0.2) is 0 Å². The zero-order chi connectivity index (χ0) is 20.5. The van der Waals surface area contributed by atoms with E-state index in [0.717, 1.165) is 12.1 Å². The highest BCUT2D eigenvalue weighted by molar-refractivity contribution is 6.25. The van der Waals surface area contributed by atoms with Crippen LogP contribution in [0.15, 0.2) is 79.0 Å². The van der Waals surface area contributed by atoms with Crippen LogP contribution in [-0.2, 0) is 6.42 Å². The van der Waals surface area contributed by atoms with Crippen LogP contribution in [0.5, 0.6) is 0 Å². The molecule has 30 heavy (non-hydrogen) atoms. The van der Waals surface area contributed by atoms with Crippen molar-refractivity contribution in [3.05, 3.63) is 84.6 Å². The second-order valence-electron chi connectivity index (χ2n) is 9.54. The number of rotatable bonds is 2. The molecule has 0 aliphatic heterocycles. The summed E-state index contributed by atoms with van der Waals surface area (Å²) in [5.41, 5.74) is 7.69. The van der Waals surface area contributed by atoms with Gasteiger partial charge >= 0.3 is 0 Å². The van der Waals surface area contributed by atoms with Crippen LogP contribution in [0, 0.1) is 5.41 Å². The molecule has 3 aromatic carbocycles. The molecule has 0 saturated carbocycles. The predicted octanol–water partition coefficient (Wildman–Crippen LogP) is 7.49. The topological polar surface area (TPSA) is 17.3 Å². The van der Waals surface area contributed by atoms with E-state index in [2.05, 4.69) is 98.0 Å². The van der Waals surface area contributed by atoms with Gasteiger partial charge in [-0.15, -0.1) is 0 Å². The summed E-state index contributed by atoms with van der Waals surface area (Å²) < 4.78 is 2.43. The van der Waals surface area contributed by atoms with E-state index in [1.807, 2.05) is 6.20 Å². The minimum atomic E-state index is 0.250. The highest BCUT2D eigenvalue weighted by atomic mass is 14.9. The van der Waals surface area contributed by atoms with Crippen molar-refractivity contribution < 1.29 is 0 Å². The Morgan fingerprint density at radius 3 is 2.37 bits per heavy atom. The first-order valence-electron chi connectivity index (χ1n) is 10.6. The van der Waals surface area contributed by atoms with Crippen molar-refractivity contribution in [3.8, 4) is 11.3 Å². The van der Waals surface area contributed by atoms with Gasteiger partial charge < -0.3 is 4.40 Å². The van der Waals surface area contributed by atoms with Crippen LogP contribution >= 0.6 is 0 Å². The lowest BCUT2D eigenvalue weighted by Crippen LogP contribution is -2.09. The molecule has 0 bridgehead atoms. The average molecular weight is 389 g/mol. The van der Waals surface area contributed by atoms with Crippen LogP contribution in [0.4, 0.5) is 0 Å². The van der Waals surface area contributed by atoms with Crippen LogP contribution in [0.1, 0.15) is 26.3 Å². The Labute approximate surface area is 176 Å². The standard InChI is InChI=1S/C28H24N2/c1-28(2,3)17-18-14-15-29-23(16-18)21-10-7-13-25-26(21)22-11-6-9-20-19-8-4-5-12-24(19)30(25)27(20)22/h4-16H,17H2,1-3H3. The Morgan fingerprint density at radius 2 is 1.50 bits per heavy atom. The molecule has 0 aliphatic rings. The van der Waals surface area contributed by atoms with Crippen molar-refractivity contribution in [2.45, 2.75) is 27.2 Å². The Bertz CT molecular complexity index is 1550. The minimum absolute atomic E-state index is 0.250. The second kappa shape index (κ2) is 6.06. The largest absolute Gasteiger partial charge is 0.308 e. The molecule has 146 valence electrons. The molecule has 0 unspecified atom stereocenters. The first kappa shape index (κ1) is 17.5. The summed E-state index contributed by atoms with van der Waals surface area (Å²) in [5, 5.41) is 5.23. The number of hydrogen-bond donors (Lipinski definition) is 0. The van der Waals surface area contributed by atoms with E-state index in [-0.39, 0.29) is 5.41 Å². The van der Waals surface area contributed by atoms with E-state index in [0.29, 0.717) is 0 Å². The Balaban J connectivity index is 1.70. The summed E-state index contributed by atoms with van der Waals surface area (Å²) in [5.74, 6) is 0. The van der Waals surface area contributed by atoms with Crippen molar-refractivity contribution in [1.82, 2.24) is 9.38 Å². The van der Waals surface area contributed by atoms with Gasteiger partial charge in [-0.3, -0.25) is 4.98 Å². The fourth-order valence-electron chi connectivity index (χ4n) is 5.04. The molecule has 3 heterocycles. The van der Waals surface area contributed by atoms with E-state index in [9.17, 15) is 0 Å². The zero-order valence-electron chi connectivity index (χ0n) is 17.6. The monoisotopic (exact) mass is 388 g/mol. The summed E-state index contributed by atoms with van der Waals surface area (Å²) in [6, 6.07) is 26.4. The van der Waals surface area contributed by atoms with Crippen molar-refractivity contribution >= 4 is 38.1 Å². The number of para-hydroxylation sites is 2. The number of pyridine rings is 1. The number of aromatic nitrogens is 2. The molecule has 0 N–H and O–H groups in total. The first-order valence-corrected chi connectivity index (χ1v) is 10.6. The fourth-order valence-corrected chi connectivity index (χ4v) is 5.04. The van der Waals surface area contributed by atoms with E-state index in [1.165, 1.54) is 49.2 Å². The summed E-state index contributed by atoms with van der Waals surface area (Å²) in [6.45, 7) is 6.85. The summed E-state index contributed by atoms with van der Waals surface area (Å²) in [7, 11) is 0.